The Hall–Kier alpha value is -2.70. The summed E-state index contributed by atoms with van der Waals surface area (Å²) >= 11 is 0. The molecule has 0 heterocycles. The molecule has 0 N–H and O–H groups in total. The lowest BCUT2D eigenvalue weighted by Crippen LogP contribution is -2.54. The first-order valence-corrected chi connectivity index (χ1v) is 6.93. The number of rotatable bonds is 5. The van der Waals surface area contributed by atoms with Gasteiger partial charge < -0.3 is 14.2 Å². The highest BCUT2D eigenvalue weighted by Gasteiger charge is 2.60. The van der Waals surface area contributed by atoms with Gasteiger partial charge in [0.1, 0.15) is 17.2 Å². The zero-order chi connectivity index (χ0) is 17.8. The molecule has 24 heavy (non-hydrogen) atoms. The zero-order valence-corrected chi connectivity index (χ0v) is 13.0. The summed E-state index contributed by atoms with van der Waals surface area (Å²) in [6, 6.07) is 14.3. The second kappa shape index (κ2) is 6.82. The van der Waals surface area contributed by atoms with E-state index < -0.39 is 17.7 Å². The molecule has 0 aliphatic carbocycles. The number of ether oxygens (including phenoxy) is 3. The number of halogens is 3. The monoisotopic (exact) mass is 340 g/mol. The SMILES string of the molecule is COC(=O)C(C)(Oc1ccc(Oc2ccccc2)cc1)C(F)(F)F. The van der Waals surface area contributed by atoms with Crippen LogP contribution in [0, 0.1) is 0 Å². The third-order valence-electron chi connectivity index (χ3n) is 3.24. The largest absolute Gasteiger partial charge is 0.466 e. The molecule has 0 radical (unpaired) electrons. The molecule has 0 spiro atoms. The molecule has 2 aromatic carbocycles. The maximum Gasteiger partial charge on any atom is 0.439 e. The number of carbonyl (C=O) groups excluding carboxylic acids is 1. The Labute approximate surface area is 136 Å². The van der Waals surface area contributed by atoms with Crippen LogP contribution in [-0.4, -0.2) is 24.9 Å². The molecule has 1 unspecified atom stereocenters. The summed E-state index contributed by atoms with van der Waals surface area (Å²) in [6.45, 7) is 0.618. The summed E-state index contributed by atoms with van der Waals surface area (Å²) in [5.41, 5.74) is -3.09. The van der Waals surface area contributed by atoms with Crippen LogP contribution in [-0.2, 0) is 9.53 Å². The van der Waals surface area contributed by atoms with Gasteiger partial charge in [-0.3, -0.25) is 0 Å². The van der Waals surface area contributed by atoms with Crippen LogP contribution in [0.1, 0.15) is 6.92 Å². The Morgan fingerprint density at radius 1 is 0.875 bits per heavy atom. The van der Waals surface area contributed by atoms with Crippen LogP contribution >= 0.6 is 0 Å². The van der Waals surface area contributed by atoms with Crippen LogP contribution in [0.25, 0.3) is 0 Å². The minimum atomic E-state index is -4.93. The van der Waals surface area contributed by atoms with Crippen molar-refractivity contribution in [2.24, 2.45) is 0 Å². The van der Waals surface area contributed by atoms with Crippen LogP contribution in [0.5, 0.6) is 17.2 Å². The van der Waals surface area contributed by atoms with Crippen molar-refractivity contribution < 1.29 is 32.2 Å². The lowest BCUT2D eigenvalue weighted by atomic mass is 10.1. The van der Waals surface area contributed by atoms with E-state index in [1.54, 1.807) is 24.3 Å². The molecule has 0 aromatic heterocycles. The molecule has 0 aliphatic heterocycles. The Bertz CT molecular complexity index is 683. The molecule has 7 heteroatoms. The van der Waals surface area contributed by atoms with Gasteiger partial charge >= 0.3 is 12.1 Å². The van der Waals surface area contributed by atoms with E-state index in [-0.39, 0.29) is 5.75 Å². The molecule has 128 valence electrons. The highest BCUT2D eigenvalue weighted by molar-refractivity contribution is 5.80. The molecule has 0 amide bonds. The van der Waals surface area contributed by atoms with Gasteiger partial charge in [0, 0.05) is 0 Å². The normalized spacial score (nSPS) is 13.7. The lowest BCUT2D eigenvalue weighted by molar-refractivity contribution is -0.246. The van der Waals surface area contributed by atoms with Crippen LogP contribution in [0.15, 0.2) is 54.6 Å². The maximum atomic E-state index is 13.1. The predicted octanol–water partition coefficient (Wildman–Crippen LogP) is 4.35. The van der Waals surface area contributed by atoms with Gasteiger partial charge in [-0.05, 0) is 43.3 Å². The minimum Gasteiger partial charge on any atom is -0.466 e. The van der Waals surface area contributed by atoms with Crippen LogP contribution in [0.4, 0.5) is 13.2 Å². The highest BCUT2D eigenvalue weighted by Crippen LogP contribution is 2.36. The van der Waals surface area contributed by atoms with Crippen molar-refractivity contribution in [2.45, 2.75) is 18.7 Å². The first-order chi connectivity index (χ1) is 11.3. The lowest BCUT2D eigenvalue weighted by Gasteiger charge is -2.29. The third-order valence-corrected chi connectivity index (χ3v) is 3.24. The fraction of sp³-hybridized carbons (Fsp3) is 0.235. The van der Waals surface area contributed by atoms with Gasteiger partial charge in [-0.15, -0.1) is 0 Å². The van der Waals surface area contributed by atoms with Crippen molar-refractivity contribution in [3.05, 3.63) is 54.6 Å². The molecule has 4 nitrogen and oxygen atoms in total. The van der Waals surface area contributed by atoms with Crippen molar-refractivity contribution in [3.8, 4) is 17.2 Å². The van der Waals surface area contributed by atoms with E-state index in [2.05, 4.69) is 4.74 Å². The summed E-state index contributed by atoms with van der Waals surface area (Å²) in [4.78, 5) is 11.5. The molecule has 0 bridgehead atoms. The Balaban J connectivity index is 2.16. The standard InChI is InChI=1S/C17H15F3O4/c1-16(15(21)22-2,17(18,19)20)24-14-10-8-13(9-11-14)23-12-6-4-3-5-7-12/h3-11H,1-2H3. The topological polar surface area (TPSA) is 44.8 Å². The van der Waals surface area contributed by atoms with Gasteiger partial charge in [0.2, 0.25) is 0 Å². The number of esters is 1. The molecule has 0 fully saturated rings. The van der Waals surface area contributed by atoms with Gasteiger partial charge in [0.25, 0.3) is 5.60 Å². The van der Waals surface area contributed by atoms with E-state index in [4.69, 9.17) is 9.47 Å². The zero-order valence-electron chi connectivity index (χ0n) is 13.0. The van der Waals surface area contributed by atoms with Crippen molar-refractivity contribution >= 4 is 5.97 Å². The number of hydrogen-bond donors (Lipinski definition) is 0. The van der Waals surface area contributed by atoms with E-state index in [0.717, 1.165) is 7.11 Å². The molecule has 2 rings (SSSR count). The van der Waals surface area contributed by atoms with E-state index in [9.17, 15) is 18.0 Å². The summed E-state index contributed by atoms with van der Waals surface area (Å²) in [5, 5.41) is 0. The quantitative estimate of drug-likeness (QED) is 0.759. The summed E-state index contributed by atoms with van der Waals surface area (Å²) < 4.78 is 54.0. The molecule has 0 saturated heterocycles. The maximum absolute atomic E-state index is 13.1. The smallest absolute Gasteiger partial charge is 0.439 e. The number of methoxy groups -OCH3 is 1. The van der Waals surface area contributed by atoms with E-state index >= 15 is 0 Å². The average molecular weight is 340 g/mol. The van der Waals surface area contributed by atoms with Crippen LogP contribution < -0.4 is 9.47 Å². The van der Waals surface area contributed by atoms with Gasteiger partial charge in [-0.25, -0.2) is 4.79 Å². The molecular formula is C17H15F3O4. The molecule has 0 saturated carbocycles. The molecular weight excluding hydrogens is 325 g/mol. The molecule has 1 atom stereocenters. The number of carbonyl (C=O) groups is 1. The fourth-order valence-electron chi connectivity index (χ4n) is 1.85. The van der Waals surface area contributed by atoms with Crippen molar-refractivity contribution in [1.82, 2.24) is 0 Å². The molecule has 2 aromatic rings. The fourth-order valence-corrected chi connectivity index (χ4v) is 1.85. The van der Waals surface area contributed by atoms with Gasteiger partial charge in [-0.1, -0.05) is 18.2 Å². The van der Waals surface area contributed by atoms with Gasteiger partial charge in [0.05, 0.1) is 7.11 Å². The van der Waals surface area contributed by atoms with Crippen LogP contribution in [0.2, 0.25) is 0 Å². The summed E-state index contributed by atoms with van der Waals surface area (Å²) in [7, 11) is 0.868. The Morgan fingerprint density at radius 2 is 1.38 bits per heavy atom. The number of para-hydroxylation sites is 1. The van der Waals surface area contributed by atoms with Gasteiger partial charge in [-0.2, -0.15) is 13.2 Å². The average Bonchev–Trinajstić information content (AvgIpc) is 2.55. The van der Waals surface area contributed by atoms with Crippen molar-refractivity contribution in [3.63, 3.8) is 0 Å². The van der Waals surface area contributed by atoms with Crippen molar-refractivity contribution in [2.75, 3.05) is 7.11 Å². The Morgan fingerprint density at radius 3 is 1.88 bits per heavy atom. The van der Waals surface area contributed by atoms with E-state index in [1.807, 2.05) is 6.07 Å². The molecule has 0 aliphatic rings. The first kappa shape index (κ1) is 17.7. The van der Waals surface area contributed by atoms with Crippen molar-refractivity contribution in [1.29, 1.82) is 0 Å². The number of alkyl halides is 3. The first-order valence-electron chi connectivity index (χ1n) is 6.93. The van der Waals surface area contributed by atoms with E-state index in [1.165, 1.54) is 24.3 Å². The van der Waals surface area contributed by atoms with E-state index in [0.29, 0.717) is 18.4 Å². The summed E-state index contributed by atoms with van der Waals surface area (Å²) in [6.07, 6.45) is -4.93. The van der Waals surface area contributed by atoms with Gasteiger partial charge in [0.15, 0.2) is 0 Å². The number of benzene rings is 2. The van der Waals surface area contributed by atoms with Crippen LogP contribution in [0.3, 0.4) is 0 Å². The summed E-state index contributed by atoms with van der Waals surface area (Å²) in [5.74, 6) is -0.665. The highest BCUT2D eigenvalue weighted by atomic mass is 19.4. The second-order valence-corrected chi connectivity index (χ2v) is 5.01. The second-order valence-electron chi connectivity index (χ2n) is 5.01. The minimum absolute atomic E-state index is 0.138. The Kier molecular flexibility index (Phi) is 5.02. The predicted molar refractivity (Wildman–Crippen MR) is 80.1 cm³/mol. The number of hydrogen-bond acceptors (Lipinski definition) is 4. The third kappa shape index (κ3) is 3.79.